The fraction of sp³-hybridized carbons (Fsp3) is 0.429. The zero-order valence-electron chi connectivity index (χ0n) is 16.8. The molecule has 1 fully saturated rings. The molecule has 3 rings (SSSR count). The fourth-order valence-corrected chi connectivity index (χ4v) is 4.62. The van der Waals surface area contributed by atoms with Crippen LogP contribution in [0.1, 0.15) is 37.0 Å². The molecule has 1 saturated heterocycles. The summed E-state index contributed by atoms with van der Waals surface area (Å²) in [6.45, 7) is 2.78. The number of likely N-dealkylation sites (tertiary alicyclic amines) is 1. The first-order chi connectivity index (χ1) is 14.0. The molecule has 2 aromatic rings. The minimum atomic E-state index is -3.82. The molecule has 2 atom stereocenters. The lowest BCUT2D eigenvalue weighted by molar-refractivity contribution is -0.0465. The predicted octanol–water partition coefficient (Wildman–Crippen LogP) is 3.57. The monoisotopic (exact) mass is 457 g/mol. The molecule has 6 nitrogen and oxygen atoms in total. The molecule has 1 aliphatic heterocycles. The SMILES string of the molecule is C[C@H]([C@H](OS(C)(=O)=O)c1ccc(O)c(F)c1)N1CCC(O)(c2ccc(Cl)cc2)CC1. The van der Waals surface area contributed by atoms with E-state index in [4.69, 9.17) is 15.8 Å². The highest BCUT2D eigenvalue weighted by Gasteiger charge is 2.38. The number of rotatable bonds is 6. The van der Waals surface area contributed by atoms with E-state index < -0.39 is 39.4 Å². The lowest BCUT2D eigenvalue weighted by Crippen LogP contribution is -2.48. The molecule has 30 heavy (non-hydrogen) atoms. The standard InChI is InChI=1S/C21H25ClFNO5S/c1-14(20(29-30(2,27)28)15-3-8-19(25)18(23)13-15)24-11-9-21(26,10-12-24)16-4-6-17(22)7-5-16/h3-8,13-14,20,25-26H,9-12H2,1-2H3/t14-,20+/m1/s1. The molecule has 164 valence electrons. The van der Waals surface area contributed by atoms with Crippen molar-refractivity contribution in [3.8, 4) is 5.75 Å². The van der Waals surface area contributed by atoms with Gasteiger partial charge < -0.3 is 10.2 Å². The third-order valence-electron chi connectivity index (χ3n) is 5.60. The van der Waals surface area contributed by atoms with Crippen LogP contribution in [-0.4, -0.2) is 48.9 Å². The summed E-state index contributed by atoms with van der Waals surface area (Å²) in [5, 5.41) is 21.1. The van der Waals surface area contributed by atoms with Crippen molar-refractivity contribution in [2.24, 2.45) is 0 Å². The molecule has 0 unspecified atom stereocenters. The maximum atomic E-state index is 13.9. The molecule has 0 spiro atoms. The largest absolute Gasteiger partial charge is 0.505 e. The van der Waals surface area contributed by atoms with Crippen molar-refractivity contribution in [3.05, 3.63) is 64.4 Å². The predicted molar refractivity (Wildman–Crippen MR) is 112 cm³/mol. The Balaban J connectivity index is 1.79. The van der Waals surface area contributed by atoms with Gasteiger partial charge in [-0.2, -0.15) is 8.42 Å². The van der Waals surface area contributed by atoms with Crippen LogP contribution in [0.25, 0.3) is 0 Å². The Morgan fingerprint density at radius 3 is 2.30 bits per heavy atom. The molecule has 0 aliphatic carbocycles. The van der Waals surface area contributed by atoms with Crippen molar-refractivity contribution in [2.75, 3.05) is 19.3 Å². The van der Waals surface area contributed by atoms with Gasteiger partial charge in [-0.25, -0.2) is 4.39 Å². The second-order valence-electron chi connectivity index (χ2n) is 7.75. The summed E-state index contributed by atoms with van der Waals surface area (Å²) in [6.07, 6.45) is 0.860. The Morgan fingerprint density at radius 1 is 1.17 bits per heavy atom. The van der Waals surface area contributed by atoms with Crippen LogP contribution >= 0.6 is 11.6 Å². The number of phenols is 1. The van der Waals surface area contributed by atoms with Crippen LogP contribution in [0.15, 0.2) is 42.5 Å². The second kappa shape index (κ2) is 8.80. The zero-order valence-corrected chi connectivity index (χ0v) is 18.3. The third-order valence-corrected chi connectivity index (χ3v) is 6.41. The van der Waals surface area contributed by atoms with E-state index in [1.54, 1.807) is 31.2 Å². The third kappa shape index (κ3) is 5.31. The van der Waals surface area contributed by atoms with Crippen molar-refractivity contribution >= 4 is 21.7 Å². The molecule has 0 aromatic heterocycles. The number of phenolic OH excluding ortho intramolecular Hbond substituents is 1. The first-order valence-electron chi connectivity index (χ1n) is 9.58. The van der Waals surface area contributed by atoms with Gasteiger partial charge in [0.25, 0.3) is 10.1 Å². The fourth-order valence-electron chi connectivity index (χ4n) is 3.84. The molecule has 0 saturated carbocycles. The summed E-state index contributed by atoms with van der Waals surface area (Å²) in [5.74, 6) is -1.37. The summed E-state index contributed by atoms with van der Waals surface area (Å²) in [5.41, 5.74) is 0.0871. The van der Waals surface area contributed by atoms with E-state index in [0.29, 0.717) is 36.5 Å². The van der Waals surface area contributed by atoms with Crippen molar-refractivity contribution in [2.45, 2.75) is 37.5 Å². The Bertz CT molecular complexity index is 991. The highest BCUT2D eigenvalue weighted by Crippen LogP contribution is 2.37. The van der Waals surface area contributed by atoms with E-state index in [1.807, 2.05) is 4.90 Å². The Labute approximate surface area is 181 Å². The molecule has 9 heteroatoms. The quantitative estimate of drug-likeness (QED) is 0.645. The molecule has 0 amide bonds. The van der Waals surface area contributed by atoms with Gasteiger partial charge in [-0.15, -0.1) is 0 Å². The van der Waals surface area contributed by atoms with E-state index in [-0.39, 0.29) is 0 Å². The number of nitrogens with zero attached hydrogens (tertiary/aromatic N) is 1. The molecular formula is C21H25ClFNO5S. The van der Waals surface area contributed by atoms with E-state index in [2.05, 4.69) is 0 Å². The minimum absolute atomic E-state index is 0.307. The number of benzene rings is 2. The van der Waals surface area contributed by atoms with Crippen LogP contribution in [0, 0.1) is 5.82 Å². The van der Waals surface area contributed by atoms with Gasteiger partial charge in [0, 0.05) is 24.2 Å². The maximum Gasteiger partial charge on any atom is 0.265 e. The summed E-state index contributed by atoms with van der Waals surface area (Å²) < 4.78 is 42.8. The summed E-state index contributed by atoms with van der Waals surface area (Å²) in [4.78, 5) is 2.00. The van der Waals surface area contributed by atoms with Gasteiger partial charge >= 0.3 is 0 Å². The average Bonchev–Trinajstić information content (AvgIpc) is 2.68. The van der Waals surface area contributed by atoms with Gasteiger partial charge in [0.15, 0.2) is 11.6 Å². The number of hydrogen-bond donors (Lipinski definition) is 2. The number of aliphatic hydroxyl groups is 1. The van der Waals surface area contributed by atoms with Crippen molar-refractivity contribution in [1.29, 1.82) is 0 Å². The minimum Gasteiger partial charge on any atom is -0.505 e. The number of hydrogen-bond acceptors (Lipinski definition) is 6. The van der Waals surface area contributed by atoms with Crippen LogP contribution in [0.3, 0.4) is 0 Å². The summed E-state index contributed by atoms with van der Waals surface area (Å²) in [6, 6.07) is 10.4. The molecule has 0 radical (unpaired) electrons. The normalized spacial score (nSPS) is 19.4. The molecule has 2 N–H and O–H groups in total. The highest BCUT2D eigenvalue weighted by molar-refractivity contribution is 7.86. The van der Waals surface area contributed by atoms with E-state index >= 15 is 0 Å². The second-order valence-corrected chi connectivity index (χ2v) is 9.78. The lowest BCUT2D eigenvalue weighted by Gasteiger charge is -2.42. The summed E-state index contributed by atoms with van der Waals surface area (Å²) in [7, 11) is -3.82. The van der Waals surface area contributed by atoms with Gasteiger partial charge in [-0.05, 0) is 55.2 Å². The molecule has 2 aromatic carbocycles. The maximum absolute atomic E-state index is 13.9. The Morgan fingerprint density at radius 2 is 1.77 bits per heavy atom. The summed E-state index contributed by atoms with van der Waals surface area (Å²) >= 11 is 5.93. The topological polar surface area (TPSA) is 87.1 Å². The first kappa shape index (κ1) is 23.0. The molecule has 0 bridgehead atoms. The van der Waals surface area contributed by atoms with Crippen LogP contribution in [0.4, 0.5) is 4.39 Å². The first-order valence-corrected chi connectivity index (χ1v) is 11.8. The van der Waals surface area contributed by atoms with Gasteiger partial charge in [0.2, 0.25) is 0 Å². The van der Waals surface area contributed by atoms with Crippen LogP contribution in [-0.2, 0) is 19.9 Å². The van der Waals surface area contributed by atoms with E-state index in [0.717, 1.165) is 17.9 Å². The molecular weight excluding hydrogens is 433 g/mol. The van der Waals surface area contributed by atoms with Crippen LogP contribution < -0.4 is 0 Å². The number of piperidine rings is 1. The Kier molecular flexibility index (Phi) is 6.74. The average molecular weight is 458 g/mol. The van der Waals surface area contributed by atoms with Gasteiger partial charge in [0.1, 0.15) is 6.10 Å². The van der Waals surface area contributed by atoms with Gasteiger partial charge in [-0.1, -0.05) is 29.8 Å². The van der Waals surface area contributed by atoms with E-state index in [9.17, 15) is 23.0 Å². The number of halogens is 2. The van der Waals surface area contributed by atoms with Crippen LogP contribution in [0.5, 0.6) is 5.75 Å². The van der Waals surface area contributed by atoms with Gasteiger partial charge in [-0.3, -0.25) is 9.08 Å². The Hall–Kier alpha value is -1.71. The molecule has 1 aliphatic rings. The van der Waals surface area contributed by atoms with Gasteiger partial charge in [0.05, 0.1) is 11.9 Å². The zero-order chi connectivity index (χ0) is 22.1. The number of aromatic hydroxyl groups is 1. The van der Waals surface area contributed by atoms with E-state index in [1.165, 1.54) is 12.1 Å². The smallest absolute Gasteiger partial charge is 0.265 e. The van der Waals surface area contributed by atoms with Crippen molar-refractivity contribution in [3.63, 3.8) is 0 Å². The van der Waals surface area contributed by atoms with Crippen LogP contribution in [0.2, 0.25) is 5.02 Å². The molecule has 1 heterocycles. The van der Waals surface area contributed by atoms with Crippen molar-refractivity contribution < 1.29 is 27.2 Å². The lowest BCUT2D eigenvalue weighted by atomic mass is 9.83. The highest BCUT2D eigenvalue weighted by atomic mass is 35.5. The van der Waals surface area contributed by atoms with Crippen molar-refractivity contribution in [1.82, 2.24) is 4.90 Å².